The maximum Gasteiger partial charge on any atom is 0.252 e. The molecule has 4 nitrogen and oxygen atoms in total. The van der Waals surface area contributed by atoms with E-state index in [1.807, 2.05) is 19.1 Å². The average molecular weight is 286 g/mol. The molecule has 0 unspecified atom stereocenters. The average Bonchev–Trinajstić information content (AvgIpc) is 2.45. The number of hydrogen-bond acceptors (Lipinski definition) is 3. The Bertz CT molecular complexity index is 657. The molecule has 0 aliphatic carbocycles. The summed E-state index contributed by atoms with van der Waals surface area (Å²) < 4.78 is 0. The van der Waals surface area contributed by atoms with Crippen LogP contribution >= 0.6 is 0 Å². The first kappa shape index (κ1) is 15.3. The van der Waals surface area contributed by atoms with E-state index in [-0.39, 0.29) is 11.3 Å². The van der Waals surface area contributed by atoms with E-state index >= 15 is 0 Å². The highest BCUT2D eigenvalue weighted by Gasteiger charge is 2.10. The summed E-state index contributed by atoms with van der Waals surface area (Å²) in [7, 11) is 4.11. The number of nitrogens with one attached hydrogen (secondary N) is 1. The van der Waals surface area contributed by atoms with Gasteiger partial charge in [-0.05, 0) is 38.1 Å². The third-order valence-corrected chi connectivity index (χ3v) is 3.57. The number of nitrogens with zero attached hydrogens (tertiary/aromatic N) is 1. The molecule has 0 saturated heterocycles. The van der Waals surface area contributed by atoms with Crippen LogP contribution in [0.1, 0.15) is 18.1 Å². The van der Waals surface area contributed by atoms with Gasteiger partial charge in [-0.15, -0.1) is 0 Å². The van der Waals surface area contributed by atoms with E-state index in [4.69, 9.17) is 0 Å². The number of benzene rings is 1. The number of rotatable bonds is 5. The smallest absolute Gasteiger partial charge is 0.252 e. The lowest BCUT2D eigenvalue weighted by Crippen LogP contribution is -2.15. The van der Waals surface area contributed by atoms with Crippen LogP contribution in [0.3, 0.4) is 0 Å². The van der Waals surface area contributed by atoms with Gasteiger partial charge in [0.2, 0.25) is 0 Å². The zero-order valence-corrected chi connectivity index (χ0v) is 12.8. The largest absolute Gasteiger partial charge is 0.507 e. The summed E-state index contributed by atoms with van der Waals surface area (Å²) in [6.45, 7) is 2.96. The number of hydrogen-bond donors (Lipinski definition) is 2. The molecule has 0 radical (unpaired) electrons. The Labute approximate surface area is 125 Å². The van der Waals surface area contributed by atoms with Crippen molar-refractivity contribution in [1.82, 2.24) is 9.88 Å². The molecule has 112 valence electrons. The molecule has 1 heterocycles. The highest BCUT2D eigenvalue weighted by Crippen LogP contribution is 2.27. The van der Waals surface area contributed by atoms with Gasteiger partial charge in [-0.3, -0.25) is 4.79 Å². The first-order valence-corrected chi connectivity index (χ1v) is 7.20. The fourth-order valence-corrected chi connectivity index (χ4v) is 2.37. The molecule has 2 N–H and O–H groups in total. The van der Waals surface area contributed by atoms with Crippen LogP contribution in [0.25, 0.3) is 11.3 Å². The van der Waals surface area contributed by atoms with Gasteiger partial charge < -0.3 is 15.0 Å². The van der Waals surface area contributed by atoms with Gasteiger partial charge >= 0.3 is 0 Å². The molecule has 21 heavy (non-hydrogen) atoms. The zero-order valence-electron chi connectivity index (χ0n) is 12.8. The molecule has 0 amide bonds. The molecule has 1 aromatic carbocycles. The van der Waals surface area contributed by atoms with E-state index < -0.39 is 0 Å². The molecule has 0 atom stereocenters. The Morgan fingerprint density at radius 3 is 2.43 bits per heavy atom. The summed E-state index contributed by atoms with van der Waals surface area (Å²) in [4.78, 5) is 16.6. The van der Waals surface area contributed by atoms with Crippen molar-refractivity contribution < 1.29 is 5.11 Å². The van der Waals surface area contributed by atoms with E-state index in [1.165, 1.54) is 11.6 Å². The molecule has 0 bridgehead atoms. The summed E-state index contributed by atoms with van der Waals surface area (Å²) in [6, 6.07) is 9.36. The van der Waals surface area contributed by atoms with Crippen LogP contribution in [0.15, 0.2) is 35.1 Å². The Morgan fingerprint density at radius 1 is 1.19 bits per heavy atom. The lowest BCUT2D eigenvalue weighted by molar-refractivity contribution is 0.413. The Morgan fingerprint density at radius 2 is 1.86 bits per heavy atom. The van der Waals surface area contributed by atoms with E-state index in [2.05, 4.69) is 36.1 Å². The van der Waals surface area contributed by atoms with Gasteiger partial charge in [0.25, 0.3) is 5.56 Å². The van der Waals surface area contributed by atoms with Crippen molar-refractivity contribution in [3.8, 4) is 17.0 Å². The highest BCUT2D eigenvalue weighted by atomic mass is 16.3. The Hall–Kier alpha value is -2.07. The topological polar surface area (TPSA) is 56.3 Å². The van der Waals surface area contributed by atoms with Gasteiger partial charge in [0.15, 0.2) is 0 Å². The Balaban J connectivity index is 2.32. The number of H-pyrrole nitrogens is 1. The van der Waals surface area contributed by atoms with Crippen LogP contribution in [-0.2, 0) is 12.8 Å². The molecule has 0 saturated carbocycles. The lowest BCUT2D eigenvalue weighted by atomic mass is 10.0. The molecule has 0 aliphatic rings. The molecular weight excluding hydrogens is 264 g/mol. The van der Waals surface area contributed by atoms with Crippen molar-refractivity contribution in [1.29, 1.82) is 0 Å². The van der Waals surface area contributed by atoms with E-state index in [0.29, 0.717) is 12.1 Å². The molecular formula is C17H22N2O2. The van der Waals surface area contributed by atoms with E-state index in [1.54, 1.807) is 0 Å². The fraction of sp³-hybridized carbons (Fsp3) is 0.353. The number of likely N-dealkylation sites (N-methyl/N-ethyl adjacent to an activating group) is 1. The van der Waals surface area contributed by atoms with Gasteiger partial charge in [0.05, 0.1) is 5.69 Å². The quantitative estimate of drug-likeness (QED) is 0.887. The minimum Gasteiger partial charge on any atom is -0.507 e. The summed E-state index contributed by atoms with van der Waals surface area (Å²) in [5.41, 5.74) is 3.38. The molecule has 4 heteroatoms. The SMILES string of the molecule is CCc1c(O)cc(=O)[nH]c1-c1ccc(CCN(C)C)cc1. The van der Waals surface area contributed by atoms with Crippen molar-refractivity contribution in [3.05, 3.63) is 51.8 Å². The van der Waals surface area contributed by atoms with Crippen molar-refractivity contribution in [2.75, 3.05) is 20.6 Å². The zero-order chi connectivity index (χ0) is 15.4. The monoisotopic (exact) mass is 286 g/mol. The van der Waals surface area contributed by atoms with Gasteiger partial charge in [0.1, 0.15) is 5.75 Å². The van der Waals surface area contributed by atoms with Crippen LogP contribution in [-0.4, -0.2) is 35.6 Å². The molecule has 0 spiro atoms. The second kappa shape index (κ2) is 6.59. The van der Waals surface area contributed by atoms with Crippen molar-refractivity contribution in [2.24, 2.45) is 0 Å². The van der Waals surface area contributed by atoms with E-state index in [9.17, 15) is 9.90 Å². The van der Waals surface area contributed by atoms with Crippen LogP contribution in [0.2, 0.25) is 0 Å². The number of aromatic amines is 1. The minimum atomic E-state index is -0.281. The number of pyridine rings is 1. The van der Waals surface area contributed by atoms with Crippen LogP contribution in [0.4, 0.5) is 0 Å². The van der Waals surface area contributed by atoms with Gasteiger partial charge in [-0.1, -0.05) is 31.2 Å². The molecule has 0 aliphatic heterocycles. The first-order valence-electron chi connectivity index (χ1n) is 7.20. The second-order valence-corrected chi connectivity index (χ2v) is 5.48. The van der Waals surface area contributed by atoms with Gasteiger partial charge in [-0.25, -0.2) is 0 Å². The molecule has 2 aromatic rings. The second-order valence-electron chi connectivity index (χ2n) is 5.48. The molecule has 2 rings (SSSR count). The summed E-state index contributed by atoms with van der Waals surface area (Å²) >= 11 is 0. The van der Waals surface area contributed by atoms with E-state index in [0.717, 1.165) is 24.1 Å². The summed E-state index contributed by atoms with van der Waals surface area (Å²) in [6.07, 6.45) is 1.66. The Kier molecular flexibility index (Phi) is 4.81. The molecule has 0 fully saturated rings. The van der Waals surface area contributed by atoms with Crippen molar-refractivity contribution >= 4 is 0 Å². The maximum atomic E-state index is 11.6. The third-order valence-electron chi connectivity index (χ3n) is 3.57. The van der Waals surface area contributed by atoms with Gasteiger partial charge in [0, 0.05) is 18.2 Å². The minimum absolute atomic E-state index is 0.0629. The predicted molar refractivity (Wildman–Crippen MR) is 85.8 cm³/mol. The number of aromatic hydroxyl groups is 1. The first-order chi connectivity index (χ1) is 10.0. The van der Waals surface area contributed by atoms with Gasteiger partial charge in [-0.2, -0.15) is 0 Å². The van der Waals surface area contributed by atoms with Crippen LogP contribution in [0.5, 0.6) is 5.75 Å². The third kappa shape index (κ3) is 3.73. The maximum absolute atomic E-state index is 11.6. The van der Waals surface area contributed by atoms with Crippen molar-refractivity contribution in [2.45, 2.75) is 19.8 Å². The normalized spacial score (nSPS) is 11.0. The predicted octanol–water partition coefficient (Wildman–Crippen LogP) is 2.41. The van der Waals surface area contributed by atoms with Crippen molar-refractivity contribution in [3.63, 3.8) is 0 Å². The summed E-state index contributed by atoms with van der Waals surface area (Å²) in [5.74, 6) is 0.0629. The lowest BCUT2D eigenvalue weighted by Gasteiger charge is -2.12. The summed E-state index contributed by atoms with van der Waals surface area (Å²) in [5, 5.41) is 9.91. The molecule has 1 aromatic heterocycles. The van der Waals surface area contributed by atoms with Crippen LogP contribution < -0.4 is 5.56 Å². The standard InChI is InChI=1S/C17H22N2O2/c1-4-14-15(20)11-16(21)18-17(14)13-7-5-12(6-8-13)9-10-19(2)3/h5-8,11H,4,9-10H2,1-3H3,(H2,18,20,21). The highest BCUT2D eigenvalue weighted by molar-refractivity contribution is 5.65. The van der Waals surface area contributed by atoms with Crippen LogP contribution in [0, 0.1) is 0 Å². The fourth-order valence-electron chi connectivity index (χ4n) is 2.37. The number of aromatic nitrogens is 1.